The minimum atomic E-state index is 0.273. The number of rotatable bonds is 1. The molecule has 2 nitrogen and oxygen atoms in total. The molecule has 0 aliphatic rings. The maximum absolute atomic E-state index is 8.50. The van der Waals surface area contributed by atoms with Gasteiger partial charge in [-0.3, -0.25) is 0 Å². The van der Waals surface area contributed by atoms with Crippen LogP contribution in [-0.2, 0) is 5.88 Å². The Morgan fingerprint density at radius 1 is 1.55 bits per heavy atom. The second kappa shape index (κ2) is 3.56. The van der Waals surface area contributed by atoms with Gasteiger partial charge in [-0.1, -0.05) is 11.6 Å². The van der Waals surface area contributed by atoms with Crippen LogP contribution in [0.15, 0.2) is 12.1 Å². The molecule has 0 fully saturated rings. The molecule has 0 radical (unpaired) electrons. The van der Waals surface area contributed by atoms with Crippen molar-refractivity contribution < 1.29 is 0 Å². The van der Waals surface area contributed by atoms with Crippen molar-refractivity contribution in [1.29, 1.82) is 5.26 Å². The molecule has 0 aliphatic heterocycles. The van der Waals surface area contributed by atoms with Crippen molar-refractivity contribution >= 4 is 23.2 Å². The fraction of sp³-hybridized carbons (Fsp3) is 0.143. The lowest BCUT2D eigenvalue weighted by atomic mass is 10.2. The van der Waals surface area contributed by atoms with Gasteiger partial charge in [0.2, 0.25) is 0 Å². The van der Waals surface area contributed by atoms with E-state index < -0.39 is 0 Å². The van der Waals surface area contributed by atoms with Crippen molar-refractivity contribution in [2.75, 3.05) is 0 Å². The zero-order valence-corrected chi connectivity index (χ0v) is 7.02. The summed E-state index contributed by atoms with van der Waals surface area (Å²) < 4.78 is 0. The van der Waals surface area contributed by atoms with Crippen molar-refractivity contribution in [3.63, 3.8) is 0 Å². The van der Waals surface area contributed by atoms with E-state index in [1.807, 2.05) is 6.07 Å². The molecular formula is C7H4Cl2N2. The topological polar surface area (TPSA) is 36.7 Å². The fourth-order valence-corrected chi connectivity index (χ4v) is 1.05. The Labute approximate surface area is 74.4 Å². The molecule has 1 aromatic rings. The number of aromatic nitrogens is 1. The van der Waals surface area contributed by atoms with E-state index in [1.165, 1.54) is 6.07 Å². The molecule has 0 spiro atoms. The normalized spacial score (nSPS) is 9.18. The quantitative estimate of drug-likeness (QED) is 0.499. The van der Waals surface area contributed by atoms with E-state index in [-0.39, 0.29) is 5.88 Å². The summed E-state index contributed by atoms with van der Waals surface area (Å²) in [6, 6.07) is 5.07. The first-order valence-corrected chi connectivity index (χ1v) is 3.80. The van der Waals surface area contributed by atoms with Crippen LogP contribution in [0.25, 0.3) is 0 Å². The summed E-state index contributed by atoms with van der Waals surface area (Å²) in [5.74, 6) is 0.273. The van der Waals surface area contributed by atoms with E-state index in [0.29, 0.717) is 16.4 Å². The summed E-state index contributed by atoms with van der Waals surface area (Å²) in [5.41, 5.74) is 1.11. The largest absolute Gasteiger partial charge is 0.240 e. The lowest BCUT2D eigenvalue weighted by Crippen LogP contribution is -1.87. The van der Waals surface area contributed by atoms with Gasteiger partial charge in [-0.15, -0.1) is 11.6 Å². The molecule has 4 heteroatoms. The number of hydrogen-bond acceptors (Lipinski definition) is 2. The average Bonchev–Trinajstić information content (AvgIpc) is 2.03. The Hall–Kier alpha value is -0.780. The van der Waals surface area contributed by atoms with Gasteiger partial charge >= 0.3 is 0 Å². The number of hydrogen-bond donors (Lipinski definition) is 0. The third-order valence-corrected chi connectivity index (χ3v) is 1.58. The molecule has 0 aromatic carbocycles. The number of nitrogens with zero attached hydrogens (tertiary/aromatic N) is 2. The first-order valence-electron chi connectivity index (χ1n) is 2.89. The first kappa shape index (κ1) is 8.32. The molecule has 0 N–H and O–H groups in total. The third kappa shape index (κ3) is 2.07. The van der Waals surface area contributed by atoms with Crippen LogP contribution in [0.4, 0.5) is 0 Å². The molecule has 0 atom stereocenters. The molecule has 0 aliphatic carbocycles. The van der Waals surface area contributed by atoms with Crippen LogP contribution >= 0.6 is 23.2 Å². The number of halogens is 2. The standard InChI is InChI=1S/C7H4Cl2N2/c8-3-6-1-5(4-10)2-7(9)11-6/h1-2H,3H2. The molecule has 0 saturated heterocycles. The van der Waals surface area contributed by atoms with Crippen molar-refractivity contribution in [2.45, 2.75) is 5.88 Å². The minimum absolute atomic E-state index is 0.273. The highest BCUT2D eigenvalue weighted by atomic mass is 35.5. The molecule has 0 unspecified atom stereocenters. The highest BCUT2D eigenvalue weighted by Crippen LogP contribution is 2.11. The summed E-state index contributed by atoms with van der Waals surface area (Å²) in [4.78, 5) is 3.88. The van der Waals surface area contributed by atoms with Gasteiger partial charge in [0.1, 0.15) is 5.15 Å². The molecule has 0 amide bonds. The van der Waals surface area contributed by atoms with Gasteiger partial charge < -0.3 is 0 Å². The zero-order chi connectivity index (χ0) is 8.27. The minimum Gasteiger partial charge on any atom is -0.240 e. The summed E-state index contributed by atoms with van der Waals surface area (Å²) in [6.07, 6.45) is 0. The Morgan fingerprint density at radius 2 is 2.27 bits per heavy atom. The number of nitriles is 1. The molecule has 0 bridgehead atoms. The predicted octanol–water partition coefficient (Wildman–Crippen LogP) is 2.35. The van der Waals surface area contributed by atoms with Gasteiger partial charge in [0.05, 0.1) is 23.2 Å². The summed E-state index contributed by atoms with van der Waals surface area (Å²) >= 11 is 11.1. The monoisotopic (exact) mass is 186 g/mol. The molecule has 0 saturated carbocycles. The number of pyridine rings is 1. The van der Waals surface area contributed by atoms with Gasteiger partial charge in [0.15, 0.2) is 0 Å². The average molecular weight is 187 g/mol. The van der Waals surface area contributed by atoms with E-state index in [0.717, 1.165) is 0 Å². The van der Waals surface area contributed by atoms with Crippen LogP contribution in [0.3, 0.4) is 0 Å². The van der Waals surface area contributed by atoms with E-state index in [2.05, 4.69) is 4.98 Å². The second-order valence-corrected chi connectivity index (χ2v) is 2.57. The van der Waals surface area contributed by atoms with Crippen molar-refractivity contribution in [1.82, 2.24) is 4.98 Å². The molecule has 56 valence electrons. The second-order valence-electron chi connectivity index (χ2n) is 1.92. The van der Waals surface area contributed by atoms with Gasteiger partial charge in [0.25, 0.3) is 0 Å². The summed E-state index contributed by atoms with van der Waals surface area (Å²) in [5, 5.41) is 8.81. The zero-order valence-electron chi connectivity index (χ0n) is 5.51. The van der Waals surface area contributed by atoms with Gasteiger partial charge in [-0.2, -0.15) is 5.26 Å². The van der Waals surface area contributed by atoms with Crippen LogP contribution < -0.4 is 0 Å². The van der Waals surface area contributed by atoms with Crippen LogP contribution in [0.1, 0.15) is 11.3 Å². The molecule has 1 aromatic heterocycles. The van der Waals surface area contributed by atoms with Gasteiger partial charge in [0, 0.05) is 0 Å². The lowest BCUT2D eigenvalue weighted by molar-refractivity contribution is 1.16. The van der Waals surface area contributed by atoms with Crippen molar-refractivity contribution in [3.05, 3.63) is 28.5 Å². The molecular weight excluding hydrogens is 183 g/mol. The van der Waals surface area contributed by atoms with E-state index in [1.54, 1.807) is 6.07 Å². The third-order valence-electron chi connectivity index (χ3n) is 1.11. The predicted molar refractivity (Wildman–Crippen MR) is 43.5 cm³/mol. The molecule has 1 rings (SSSR count). The van der Waals surface area contributed by atoms with Crippen molar-refractivity contribution in [3.8, 4) is 6.07 Å². The molecule has 11 heavy (non-hydrogen) atoms. The lowest BCUT2D eigenvalue weighted by Gasteiger charge is -1.95. The number of alkyl halides is 1. The first-order chi connectivity index (χ1) is 5.26. The van der Waals surface area contributed by atoms with Crippen LogP contribution in [0.2, 0.25) is 5.15 Å². The van der Waals surface area contributed by atoms with E-state index >= 15 is 0 Å². The van der Waals surface area contributed by atoms with E-state index in [9.17, 15) is 0 Å². The fourth-order valence-electron chi connectivity index (χ4n) is 0.684. The van der Waals surface area contributed by atoms with Crippen LogP contribution in [0.5, 0.6) is 0 Å². The maximum Gasteiger partial charge on any atom is 0.130 e. The van der Waals surface area contributed by atoms with Crippen LogP contribution in [-0.4, -0.2) is 4.98 Å². The van der Waals surface area contributed by atoms with Crippen LogP contribution in [0, 0.1) is 11.3 Å². The highest BCUT2D eigenvalue weighted by molar-refractivity contribution is 6.29. The summed E-state index contributed by atoms with van der Waals surface area (Å²) in [7, 11) is 0. The van der Waals surface area contributed by atoms with Gasteiger partial charge in [-0.05, 0) is 12.1 Å². The Bertz CT molecular complexity index is 304. The maximum atomic E-state index is 8.50. The Kier molecular flexibility index (Phi) is 2.70. The Balaban J connectivity index is 3.15. The molecule has 1 heterocycles. The Morgan fingerprint density at radius 3 is 2.82 bits per heavy atom. The van der Waals surface area contributed by atoms with Crippen molar-refractivity contribution in [2.24, 2.45) is 0 Å². The van der Waals surface area contributed by atoms with E-state index in [4.69, 9.17) is 28.5 Å². The highest BCUT2D eigenvalue weighted by Gasteiger charge is 1.98. The summed E-state index contributed by atoms with van der Waals surface area (Å²) in [6.45, 7) is 0. The SMILES string of the molecule is N#Cc1cc(Cl)nc(CCl)c1. The van der Waals surface area contributed by atoms with Gasteiger partial charge in [-0.25, -0.2) is 4.98 Å². The smallest absolute Gasteiger partial charge is 0.130 e.